The molecule has 0 saturated heterocycles. The Labute approximate surface area is 213 Å². The average molecular weight is 499 g/mol. The predicted molar refractivity (Wildman–Crippen MR) is 138 cm³/mol. The summed E-state index contributed by atoms with van der Waals surface area (Å²) in [4.78, 5) is 37.8. The summed E-state index contributed by atoms with van der Waals surface area (Å²) >= 11 is 0. The van der Waals surface area contributed by atoms with E-state index in [9.17, 15) is 9.59 Å². The molecule has 0 saturated carbocycles. The SMILES string of the molecule is CO[C@@H]1CN(C)C(=O)c2ccc(NC(=O)NC(C)C)cc2OC[C@@H](C)N(Cc2cncnc2)C[C@H]1C. The standard InChI is InChI=1S/C26H38N6O4/c1-17(2)29-26(34)30-21-7-8-22-23(9-21)36-15-19(4)32(13-20-10-27-16-28-11-20)12-18(3)24(35-6)14-31(5)25(22)33/h7-11,16-19,24H,12-15H2,1-6H3,(H2,29,30,34)/t18-,19-,24-/m1/s1. The maximum atomic E-state index is 13.4. The average Bonchev–Trinajstić information content (AvgIpc) is 2.84. The van der Waals surface area contributed by atoms with Gasteiger partial charge in [-0.25, -0.2) is 14.8 Å². The Hall–Kier alpha value is -3.24. The lowest BCUT2D eigenvalue weighted by Gasteiger charge is -2.36. The first kappa shape index (κ1) is 27.3. The van der Waals surface area contributed by atoms with Crippen LogP contribution in [0.4, 0.5) is 10.5 Å². The van der Waals surface area contributed by atoms with Crippen molar-refractivity contribution in [1.29, 1.82) is 0 Å². The van der Waals surface area contributed by atoms with Gasteiger partial charge in [0.1, 0.15) is 18.7 Å². The van der Waals surface area contributed by atoms with Crippen molar-refractivity contribution in [3.05, 3.63) is 48.0 Å². The molecule has 1 aromatic heterocycles. The number of amides is 3. The number of urea groups is 1. The minimum atomic E-state index is -0.317. The zero-order valence-corrected chi connectivity index (χ0v) is 22.0. The number of anilines is 1. The smallest absolute Gasteiger partial charge is 0.319 e. The molecule has 0 fully saturated rings. The quantitative estimate of drug-likeness (QED) is 0.652. The Kier molecular flexibility index (Phi) is 9.60. The molecule has 1 aliphatic rings. The molecule has 0 spiro atoms. The lowest BCUT2D eigenvalue weighted by atomic mass is 10.0. The number of fused-ring (bicyclic) bond motifs is 1. The van der Waals surface area contributed by atoms with Gasteiger partial charge in [0.05, 0.1) is 11.7 Å². The maximum absolute atomic E-state index is 13.4. The summed E-state index contributed by atoms with van der Waals surface area (Å²) in [5.74, 6) is 0.415. The van der Waals surface area contributed by atoms with Crippen molar-refractivity contribution >= 4 is 17.6 Å². The van der Waals surface area contributed by atoms with E-state index in [1.54, 1.807) is 37.3 Å². The second kappa shape index (κ2) is 12.6. The van der Waals surface area contributed by atoms with Crippen LogP contribution in [-0.2, 0) is 11.3 Å². The van der Waals surface area contributed by atoms with Crippen LogP contribution in [0.1, 0.15) is 43.6 Å². The van der Waals surface area contributed by atoms with E-state index in [0.717, 1.165) is 12.1 Å². The molecule has 0 bridgehead atoms. The van der Waals surface area contributed by atoms with Crippen molar-refractivity contribution in [1.82, 2.24) is 25.1 Å². The van der Waals surface area contributed by atoms with Crippen molar-refractivity contribution < 1.29 is 19.1 Å². The van der Waals surface area contributed by atoms with Gasteiger partial charge in [-0.3, -0.25) is 9.69 Å². The first-order valence-electron chi connectivity index (χ1n) is 12.3. The van der Waals surface area contributed by atoms with Gasteiger partial charge in [-0.1, -0.05) is 6.92 Å². The summed E-state index contributed by atoms with van der Waals surface area (Å²) in [7, 11) is 3.45. The highest BCUT2D eigenvalue weighted by Crippen LogP contribution is 2.27. The summed E-state index contributed by atoms with van der Waals surface area (Å²) in [5, 5.41) is 5.61. The van der Waals surface area contributed by atoms with Crippen molar-refractivity contribution in [2.45, 2.75) is 52.4 Å². The van der Waals surface area contributed by atoms with Crippen molar-refractivity contribution in [3.63, 3.8) is 0 Å². The molecule has 3 amide bonds. The normalized spacial score (nSPS) is 21.7. The van der Waals surface area contributed by atoms with E-state index < -0.39 is 0 Å². The van der Waals surface area contributed by atoms with Gasteiger partial charge in [-0.15, -0.1) is 0 Å². The fourth-order valence-corrected chi connectivity index (χ4v) is 4.22. The predicted octanol–water partition coefficient (Wildman–Crippen LogP) is 3.01. The van der Waals surface area contributed by atoms with Crippen LogP contribution in [0.2, 0.25) is 0 Å². The lowest BCUT2D eigenvalue weighted by Crippen LogP contribution is -2.46. The molecule has 2 heterocycles. The van der Waals surface area contributed by atoms with Crippen LogP contribution in [0, 0.1) is 5.92 Å². The highest BCUT2D eigenvalue weighted by atomic mass is 16.5. The molecule has 2 N–H and O–H groups in total. The zero-order valence-electron chi connectivity index (χ0n) is 22.0. The van der Waals surface area contributed by atoms with E-state index in [4.69, 9.17) is 9.47 Å². The maximum Gasteiger partial charge on any atom is 0.319 e. The molecule has 0 radical (unpaired) electrons. The molecule has 3 rings (SSSR count). The van der Waals surface area contributed by atoms with Crippen molar-refractivity contribution in [2.24, 2.45) is 5.92 Å². The fraction of sp³-hybridized carbons (Fsp3) is 0.538. The first-order valence-corrected chi connectivity index (χ1v) is 12.3. The fourth-order valence-electron chi connectivity index (χ4n) is 4.22. The Morgan fingerprint density at radius 3 is 2.61 bits per heavy atom. The number of ether oxygens (including phenoxy) is 2. The highest BCUT2D eigenvalue weighted by molar-refractivity contribution is 5.98. The molecule has 10 heteroatoms. The van der Waals surface area contributed by atoms with Gasteiger partial charge in [0, 0.05) is 75.6 Å². The van der Waals surface area contributed by atoms with E-state index in [-0.39, 0.29) is 36.0 Å². The number of methoxy groups -OCH3 is 1. The van der Waals surface area contributed by atoms with Crippen LogP contribution in [0.3, 0.4) is 0 Å². The molecular weight excluding hydrogens is 460 g/mol. The van der Waals surface area contributed by atoms with Crippen LogP contribution in [0.15, 0.2) is 36.9 Å². The number of hydrogen-bond donors (Lipinski definition) is 2. The van der Waals surface area contributed by atoms with Crippen LogP contribution >= 0.6 is 0 Å². The number of hydrogen-bond acceptors (Lipinski definition) is 7. The van der Waals surface area contributed by atoms with E-state index in [1.165, 1.54) is 6.33 Å². The molecule has 0 aliphatic carbocycles. The second-order valence-corrected chi connectivity index (χ2v) is 9.74. The number of aromatic nitrogens is 2. The summed E-state index contributed by atoms with van der Waals surface area (Å²) in [5.41, 5.74) is 1.99. The van der Waals surface area contributed by atoms with Gasteiger partial charge < -0.3 is 25.0 Å². The Morgan fingerprint density at radius 1 is 1.22 bits per heavy atom. The number of carbonyl (C=O) groups is 2. The minimum absolute atomic E-state index is 0.00117. The summed E-state index contributed by atoms with van der Waals surface area (Å²) < 4.78 is 12.0. The van der Waals surface area contributed by atoms with Crippen LogP contribution in [0.25, 0.3) is 0 Å². The summed E-state index contributed by atoms with van der Waals surface area (Å²) in [6.07, 6.45) is 5.01. The number of likely N-dealkylation sites (N-methyl/N-ethyl adjacent to an activating group) is 1. The van der Waals surface area contributed by atoms with E-state index in [2.05, 4.69) is 39.3 Å². The topological polar surface area (TPSA) is 109 Å². The highest BCUT2D eigenvalue weighted by Gasteiger charge is 2.28. The molecule has 10 nitrogen and oxygen atoms in total. The molecule has 1 aliphatic heterocycles. The van der Waals surface area contributed by atoms with Gasteiger partial charge >= 0.3 is 6.03 Å². The molecule has 1 aromatic carbocycles. The Morgan fingerprint density at radius 2 is 1.94 bits per heavy atom. The number of rotatable bonds is 5. The van der Waals surface area contributed by atoms with Gasteiger partial charge in [-0.05, 0) is 38.8 Å². The molecule has 196 valence electrons. The minimum Gasteiger partial charge on any atom is -0.491 e. The van der Waals surface area contributed by atoms with Crippen LogP contribution in [-0.4, -0.2) is 83.7 Å². The third-order valence-corrected chi connectivity index (χ3v) is 6.25. The summed E-state index contributed by atoms with van der Waals surface area (Å²) in [6.45, 7) is 10.2. The molecule has 2 aromatic rings. The summed E-state index contributed by atoms with van der Waals surface area (Å²) in [6, 6.07) is 4.81. The Bertz CT molecular complexity index is 1020. The first-order chi connectivity index (χ1) is 17.2. The molecular formula is C26H38N6O4. The lowest BCUT2D eigenvalue weighted by molar-refractivity contribution is 0.00918. The van der Waals surface area contributed by atoms with Crippen LogP contribution in [0.5, 0.6) is 5.75 Å². The third-order valence-electron chi connectivity index (χ3n) is 6.25. The van der Waals surface area contributed by atoms with Gasteiger partial charge in [-0.2, -0.15) is 0 Å². The van der Waals surface area contributed by atoms with Gasteiger partial charge in [0.25, 0.3) is 5.91 Å². The Balaban J connectivity index is 1.91. The number of nitrogens with zero attached hydrogens (tertiary/aromatic N) is 4. The van der Waals surface area contributed by atoms with E-state index in [0.29, 0.717) is 36.7 Å². The number of benzene rings is 1. The van der Waals surface area contributed by atoms with Crippen molar-refractivity contribution in [2.75, 3.05) is 39.2 Å². The number of nitrogens with one attached hydrogen (secondary N) is 2. The van der Waals surface area contributed by atoms with E-state index >= 15 is 0 Å². The second-order valence-electron chi connectivity index (χ2n) is 9.74. The van der Waals surface area contributed by atoms with Crippen molar-refractivity contribution in [3.8, 4) is 5.75 Å². The van der Waals surface area contributed by atoms with Crippen LogP contribution < -0.4 is 15.4 Å². The largest absolute Gasteiger partial charge is 0.491 e. The number of carbonyl (C=O) groups excluding carboxylic acids is 2. The molecule has 3 atom stereocenters. The van der Waals surface area contributed by atoms with Gasteiger partial charge in [0.15, 0.2) is 0 Å². The van der Waals surface area contributed by atoms with E-state index in [1.807, 2.05) is 26.2 Å². The molecule has 0 unspecified atom stereocenters. The molecule has 36 heavy (non-hydrogen) atoms. The monoisotopic (exact) mass is 498 g/mol. The van der Waals surface area contributed by atoms with Gasteiger partial charge in [0.2, 0.25) is 0 Å². The zero-order chi connectivity index (χ0) is 26.2. The third kappa shape index (κ3) is 7.38.